The smallest absolute Gasteiger partial charge is 0.352 e. The molecule has 0 spiro atoms. The number of ether oxygens (including phenoxy) is 7. The van der Waals surface area contributed by atoms with Gasteiger partial charge in [0.25, 0.3) is 5.56 Å². The van der Waals surface area contributed by atoms with Gasteiger partial charge < -0.3 is 53.7 Å². The maximum absolute atomic E-state index is 14.1. The van der Waals surface area contributed by atoms with Crippen molar-refractivity contribution in [1.82, 2.24) is 50.0 Å². The molecule has 26 heteroatoms. The van der Waals surface area contributed by atoms with Crippen molar-refractivity contribution in [1.29, 1.82) is 0 Å². The fourth-order valence-corrected chi connectivity index (χ4v) is 10.3. The lowest BCUT2D eigenvalue weighted by molar-refractivity contribution is -0.190. The van der Waals surface area contributed by atoms with Crippen molar-refractivity contribution in [2.75, 3.05) is 58.5 Å². The van der Waals surface area contributed by atoms with E-state index in [2.05, 4.69) is 36.2 Å². The van der Waals surface area contributed by atoms with E-state index >= 15 is 0 Å². The number of unbranched alkanes of at least 4 members (excludes halogenated alkanes) is 2. The second kappa shape index (κ2) is 28.4. The third-order valence-electron chi connectivity index (χ3n) is 12.5. The molecule has 4 aliphatic heterocycles. The minimum atomic E-state index is -1.53. The summed E-state index contributed by atoms with van der Waals surface area (Å²) in [6.07, 6.45) is 2.07. The molecule has 0 saturated carbocycles. The Labute approximate surface area is 437 Å². The van der Waals surface area contributed by atoms with Crippen molar-refractivity contribution in [2.45, 2.75) is 142 Å². The molecular weight excluding hydrogens is 1000 g/mol. The SMILES string of the molecule is CC(=O)OC[C@H](OC(C)=O)[C@H](OC(C)=O)[C@@H](Cn1c2nc(=O)n(CCCCc3cn(CCOCCOCCOCCNC(=O)CCCC[C@@H]4SC[C@@H]5NC(=O)N[C@@H]54)nn3)c(=O)c-2nc2cc(C)c(C)cc21)OC(C)=O. The molecule has 0 aliphatic carbocycles. The predicted molar refractivity (Wildman–Crippen MR) is 270 cm³/mol. The van der Waals surface area contributed by atoms with Gasteiger partial charge in [0.15, 0.2) is 29.8 Å². The normalized spacial score (nSPS) is 17.2. The number of benzene rings is 1. The van der Waals surface area contributed by atoms with Crippen molar-refractivity contribution < 1.29 is 61.9 Å². The van der Waals surface area contributed by atoms with E-state index < -0.39 is 60.0 Å². The number of rotatable bonds is 31. The van der Waals surface area contributed by atoms with E-state index in [4.69, 9.17) is 33.2 Å². The Bertz CT molecular complexity index is 2710. The summed E-state index contributed by atoms with van der Waals surface area (Å²) in [4.78, 5) is 110. The van der Waals surface area contributed by atoms with E-state index in [0.29, 0.717) is 100 Å². The van der Waals surface area contributed by atoms with Gasteiger partial charge in [-0.15, -0.1) is 5.10 Å². The fraction of sp³-hybridized carbons (Fsp3) is 0.633. The highest BCUT2D eigenvalue weighted by atomic mass is 32.2. The number of esters is 4. The summed E-state index contributed by atoms with van der Waals surface area (Å²) in [5.41, 5.74) is 1.44. The number of amides is 3. The number of aryl methyl sites for hydroxylation is 3. The van der Waals surface area contributed by atoms with Gasteiger partial charge in [0.2, 0.25) is 5.91 Å². The van der Waals surface area contributed by atoms with Gasteiger partial charge in [0.05, 0.1) is 81.5 Å². The number of carbonyl (C=O) groups excluding carboxylic acids is 6. The molecule has 1 aromatic carbocycles. The molecule has 0 radical (unpaired) electrons. The second-order valence-electron chi connectivity index (χ2n) is 18.3. The van der Waals surface area contributed by atoms with Gasteiger partial charge in [-0.1, -0.05) is 11.6 Å². The van der Waals surface area contributed by atoms with Crippen LogP contribution in [0.4, 0.5) is 4.79 Å². The molecule has 410 valence electrons. The zero-order valence-corrected chi connectivity index (χ0v) is 44.1. The highest BCUT2D eigenvalue weighted by molar-refractivity contribution is 8.00. The van der Waals surface area contributed by atoms with E-state index in [-0.39, 0.29) is 48.6 Å². The van der Waals surface area contributed by atoms with Crippen LogP contribution in [0.25, 0.3) is 22.6 Å². The van der Waals surface area contributed by atoms with E-state index in [1.807, 2.05) is 25.6 Å². The number of hydrogen-bond acceptors (Lipinski definition) is 20. The summed E-state index contributed by atoms with van der Waals surface area (Å²) >= 11 is 1.88. The van der Waals surface area contributed by atoms with Crippen LogP contribution in [-0.2, 0) is 83.2 Å². The van der Waals surface area contributed by atoms with E-state index in [0.717, 1.165) is 68.4 Å². The number of thioether (sulfide) groups is 1. The van der Waals surface area contributed by atoms with Gasteiger partial charge in [0, 0.05) is 64.4 Å². The highest BCUT2D eigenvalue weighted by Gasteiger charge is 2.43. The second-order valence-corrected chi connectivity index (χ2v) is 19.6. The summed E-state index contributed by atoms with van der Waals surface area (Å²) in [5, 5.41) is 17.6. The third kappa shape index (κ3) is 17.3. The molecule has 0 bridgehead atoms. The zero-order valence-electron chi connectivity index (χ0n) is 43.3. The van der Waals surface area contributed by atoms with Crippen molar-refractivity contribution in [3.63, 3.8) is 0 Å². The van der Waals surface area contributed by atoms with Gasteiger partial charge in [-0.05, 0) is 69.2 Å². The van der Waals surface area contributed by atoms with Crippen molar-refractivity contribution in [3.05, 3.63) is 56.0 Å². The number of urea groups is 1. The lowest BCUT2D eigenvalue weighted by Crippen LogP contribution is -2.49. The number of nitrogens with zero attached hydrogens (tertiary/aromatic N) is 7. The molecular formula is C49H68N10O15S. The van der Waals surface area contributed by atoms with Gasteiger partial charge in [-0.2, -0.15) is 16.7 Å². The topological polar surface area (TPSA) is 304 Å². The molecule has 2 aromatic rings. The van der Waals surface area contributed by atoms with Crippen LogP contribution in [-0.4, -0.2) is 164 Å². The largest absolute Gasteiger partial charge is 0.462 e. The van der Waals surface area contributed by atoms with Crippen LogP contribution in [0.5, 0.6) is 0 Å². The molecule has 2 saturated heterocycles. The maximum atomic E-state index is 14.1. The molecule has 5 heterocycles. The van der Waals surface area contributed by atoms with Crippen LogP contribution in [0.3, 0.4) is 0 Å². The first-order chi connectivity index (χ1) is 36.0. The molecule has 3 amide bonds. The summed E-state index contributed by atoms with van der Waals surface area (Å²) < 4.78 is 42.8. The Balaban J connectivity index is 0.931. The minimum absolute atomic E-state index is 0.00171. The lowest BCUT2D eigenvalue weighted by atomic mass is 10.0. The number of carbonyl (C=O) groups is 6. The molecule has 75 heavy (non-hydrogen) atoms. The van der Waals surface area contributed by atoms with Gasteiger partial charge in [-0.25, -0.2) is 19.3 Å². The average molecular weight is 1070 g/mol. The lowest BCUT2D eigenvalue weighted by Gasteiger charge is -2.32. The Kier molecular flexibility index (Phi) is 21.9. The Morgan fingerprint density at radius 3 is 2.19 bits per heavy atom. The van der Waals surface area contributed by atoms with E-state index in [9.17, 15) is 38.4 Å². The summed E-state index contributed by atoms with van der Waals surface area (Å²) in [7, 11) is 0. The van der Waals surface area contributed by atoms with Crippen molar-refractivity contribution in [3.8, 4) is 11.5 Å². The van der Waals surface area contributed by atoms with Crippen LogP contribution >= 0.6 is 11.8 Å². The molecule has 6 atom stereocenters. The highest BCUT2D eigenvalue weighted by Crippen LogP contribution is 2.33. The molecule has 4 aliphatic rings. The number of nitrogens with one attached hydrogen (secondary N) is 3. The first-order valence-corrected chi connectivity index (χ1v) is 26.2. The van der Waals surface area contributed by atoms with Crippen molar-refractivity contribution >= 4 is 58.6 Å². The predicted octanol–water partition coefficient (Wildman–Crippen LogP) is 1.54. The van der Waals surface area contributed by atoms with Crippen LogP contribution in [0.2, 0.25) is 0 Å². The summed E-state index contributed by atoms with van der Waals surface area (Å²) in [6.45, 7) is 10.5. The van der Waals surface area contributed by atoms with Crippen LogP contribution < -0.4 is 27.2 Å². The first-order valence-electron chi connectivity index (χ1n) is 25.1. The average Bonchev–Trinajstić information content (AvgIpc) is 4.08. The minimum Gasteiger partial charge on any atom is -0.462 e. The zero-order chi connectivity index (χ0) is 54.0. The Morgan fingerprint density at radius 2 is 1.47 bits per heavy atom. The molecule has 6 rings (SSSR count). The van der Waals surface area contributed by atoms with Crippen molar-refractivity contribution in [2.24, 2.45) is 0 Å². The van der Waals surface area contributed by atoms with Gasteiger partial charge >= 0.3 is 35.6 Å². The standard InChI is InChI=1S/C49H68N10O15S/c1-29-23-36-38(24-30(29)2)59(26-39(72-32(4)61)45(74-34(6)63)40(73-33(5)62)27-71-31(3)60)46-44(51-36)47(65)58(49(67)54-46)15-10-9-11-35-25-57(56-55-35)16-18-69-20-22-70-21-19-68-17-14-50-42(64)13-8-7-12-41-43-37(28-75-41)52-48(66)53-43/h23-25,37,39-41,43,45H,7-22,26-28H2,1-6H3,(H,50,64)(H2,52,53,66)/t37-,39+,40-,41-,43-,45+/m0/s1. The molecule has 25 nitrogen and oxygen atoms in total. The molecule has 0 unspecified atom stereocenters. The molecule has 3 N–H and O–H groups in total. The monoisotopic (exact) mass is 1070 g/mol. The van der Waals surface area contributed by atoms with Crippen LogP contribution in [0, 0.1) is 13.8 Å². The van der Waals surface area contributed by atoms with Gasteiger partial charge in [0.1, 0.15) is 6.61 Å². The summed E-state index contributed by atoms with van der Waals surface area (Å²) in [6, 6.07) is 3.84. The molecule has 2 fully saturated rings. The van der Waals surface area contributed by atoms with E-state index in [1.165, 1.54) is 4.57 Å². The first kappa shape index (κ1) is 57.8. The number of fused-ring (bicyclic) bond motifs is 3. The maximum Gasteiger partial charge on any atom is 0.352 e. The fourth-order valence-electron chi connectivity index (χ4n) is 8.76. The van der Waals surface area contributed by atoms with Crippen LogP contribution in [0.15, 0.2) is 27.9 Å². The quantitative estimate of drug-likeness (QED) is 0.0212. The Morgan fingerprint density at radius 1 is 0.773 bits per heavy atom. The number of aromatic nitrogens is 7. The molecule has 1 aromatic heterocycles. The Hall–Kier alpha value is -6.51. The number of hydrogen-bond donors (Lipinski definition) is 3. The van der Waals surface area contributed by atoms with Crippen LogP contribution in [0.1, 0.15) is 83.0 Å². The van der Waals surface area contributed by atoms with Gasteiger partial charge in [-0.3, -0.25) is 33.3 Å². The van der Waals surface area contributed by atoms with E-state index in [1.54, 1.807) is 23.0 Å². The summed E-state index contributed by atoms with van der Waals surface area (Å²) in [5.74, 6) is -2.36. The third-order valence-corrected chi connectivity index (χ3v) is 14.0.